The van der Waals surface area contributed by atoms with E-state index in [0.29, 0.717) is 12.8 Å². The van der Waals surface area contributed by atoms with Crippen LogP contribution in [0, 0.1) is 0 Å². The molecule has 0 bridgehead atoms. The summed E-state index contributed by atoms with van der Waals surface area (Å²) in [5.74, 6) is -0.744. The van der Waals surface area contributed by atoms with E-state index < -0.39 is 5.97 Å². The third-order valence-corrected chi connectivity index (χ3v) is 6.52. The van der Waals surface area contributed by atoms with E-state index in [2.05, 4.69) is 42.9 Å². The van der Waals surface area contributed by atoms with Crippen molar-refractivity contribution in [2.45, 2.75) is 168 Å². The summed E-state index contributed by atoms with van der Waals surface area (Å²) in [4.78, 5) is 21.2. The van der Waals surface area contributed by atoms with Crippen LogP contribution in [0.1, 0.15) is 168 Å². The lowest BCUT2D eigenvalue weighted by atomic mass is 10.1. The molecule has 1 N–H and O–H groups in total. The molecule has 0 aromatic heterocycles. The van der Waals surface area contributed by atoms with Crippen LogP contribution in [0.3, 0.4) is 0 Å². The lowest BCUT2D eigenvalue weighted by molar-refractivity contribution is -0.141. The van der Waals surface area contributed by atoms with Gasteiger partial charge in [-0.2, -0.15) is 0 Å². The van der Waals surface area contributed by atoms with E-state index in [1.807, 2.05) is 0 Å². The predicted molar refractivity (Wildman–Crippen MR) is 160 cm³/mol. The first kappa shape index (κ1) is 37.6. The Morgan fingerprint density at radius 1 is 0.514 bits per heavy atom. The number of carbonyl (C=O) groups is 2. The fourth-order valence-electron chi connectivity index (χ4n) is 4.08. The molecule has 0 unspecified atom stereocenters. The number of methoxy groups -OCH3 is 1. The van der Waals surface area contributed by atoms with E-state index >= 15 is 0 Å². The van der Waals surface area contributed by atoms with E-state index in [9.17, 15) is 9.59 Å². The van der Waals surface area contributed by atoms with Gasteiger partial charge in [0.1, 0.15) is 0 Å². The van der Waals surface area contributed by atoms with Gasteiger partial charge in [0.15, 0.2) is 0 Å². The SMILES string of the molecule is CCCCCC/C=C\CCCCCCCC(=O)O.CCCCCC/C=C\CCCCCCCC(=O)OC. The lowest BCUT2D eigenvalue weighted by Gasteiger charge is -2.00. The first-order valence-corrected chi connectivity index (χ1v) is 15.7. The van der Waals surface area contributed by atoms with E-state index in [1.54, 1.807) is 0 Å². The van der Waals surface area contributed by atoms with Gasteiger partial charge in [0.05, 0.1) is 7.11 Å². The van der Waals surface area contributed by atoms with Gasteiger partial charge in [-0.25, -0.2) is 0 Å². The van der Waals surface area contributed by atoms with Gasteiger partial charge in [0, 0.05) is 12.8 Å². The van der Waals surface area contributed by atoms with Gasteiger partial charge in [0.2, 0.25) is 0 Å². The third-order valence-electron chi connectivity index (χ3n) is 6.52. The Labute approximate surface area is 230 Å². The van der Waals surface area contributed by atoms with E-state index in [-0.39, 0.29) is 5.97 Å². The van der Waals surface area contributed by atoms with Gasteiger partial charge in [-0.05, 0) is 64.2 Å². The maximum atomic E-state index is 10.9. The van der Waals surface area contributed by atoms with Crippen molar-refractivity contribution in [2.75, 3.05) is 7.11 Å². The molecule has 0 radical (unpaired) electrons. The Morgan fingerprint density at radius 2 is 0.838 bits per heavy atom. The first-order valence-electron chi connectivity index (χ1n) is 15.7. The van der Waals surface area contributed by atoms with Gasteiger partial charge in [-0.3, -0.25) is 9.59 Å². The van der Waals surface area contributed by atoms with Crippen LogP contribution in [0.15, 0.2) is 24.3 Å². The van der Waals surface area contributed by atoms with Gasteiger partial charge in [-0.15, -0.1) is 0 Å². The monoisotopic (exact) mass is 522 g/mol. The average Bonchev–Trinajstić information content (AvgIpc) is 2.89. The third kappa shape index (κ3) is 39.1. The zero-order valence-electron chi connectivity index (χ0n) is 25.0. The molecule has 37 heavy (non-hydrogen) atoms. The normalized spacial score (nSPS) is 11.1. The standard InChI is InChI=1S/C17H32O2.C16H30O2/c1-3-4-5-6-7-8-9-10-11-12-13-14-15-16-17(18)19-2;1-2-3-4-5-6-7-8-9-10-11-12-13-14-15-16(17)18/h8-9H,3-7,10-16H2,1-2H3;7-8H,2-6,9-15H2,1H3,(H,17,18)/b9-8-;8-7-. The van der Waals surface area contributed by atoms with E-state index in [4.69, 9.17) is 5.11 Å². The van der Waals surface area contributed by atoms with Crippen LogP contribution in [-0.2, 0) is 14.3 Å². The fraction of sp³-hybridized carbons (Fsp3) is 0.818. The molecule has 0 aliphatic carbocycles. The molecule has 0 aromatic carbocycles. The van der Waals surface area contributed by atoms with Crippen LogP contribution in [0.2, 0.25) is 0 Å². The Hall–Kier alpha value is -1.58. The number of carboxylic acids is 1. The number of hydrogen-bond acceptors (Lipinski definition) is 3. The second-order valence-electron chi connectivity index (χ2n) is 10.2. The highest BCUT2D eigenvalue weighted by molar-refractivity contribution is 5.69. The molecular weight excluding hydrogens is 460 g/mol. The highest BCUT2D eigenvalue weighted by atomic mass is 16.5. The second-order valence-corrected chi connectivity index (χ2v) is 10.2. The Balaban J connectivity index is 0. The average molecular weight is 523 g/mol. The van der Waals surface area contributed by atoms with Crippen LogP contribution in [0.4, 0.5) is 0 Å². The predicted octanol–water partition coefficient (Wildman–Crippen LogP) is 10.7. The molecule has 0 rings (SSSR count). The van der Waals surface area contributed by atoms with Crippen LogP contribution >= 0.6 is 0 Å². The molecule has 0 atom stereocenters. The first-order chi connectivity index (χ1) is 18.1. The molecule has 0 spiro atoms. The number of carboxylic acid groups (broad SMARTS) is 1. The largest absolute Gasteiger partial charge is 0.481 e. The topological polar surface area (TPSA) is 63.6 Å². The molecule has 218 valence electrons. The molecule has 4 heteroatoms. The Kier molecular flexibility index (Phi) is 35.0. The van der Waals surface area contributed by atoms with Crippen molar-refractivity contribution < 1.29 is 19.4 Å². The van der Waals surface area contributed by atoms with Crippen LogP contribution in [0.5, 0.6) is 0 Å². The quantitative estimate of drug-likeness (QED) is 0.0697. The number of carbonyl (C=O) groups excluding carboxylic acids is 1. The number of esters is 1. The van der Waals surface area contributed by atoms with Crippen molar-refractivity contribution in [3.05, 3.63) is 24.3 Å². The smallest absolute Gasteiger partial charge is 0.305 e. The maximum Gasteiger partial charge on any atom is 0.305 e. The summed E-state index contributed by atoms with van der Waals surface area (Å²) in [6.45, 7) is 4.49. The van der Waals surface area contributed by atoms with Gasteiger partial charge in [-0.1, -0.05) is 115 Å². The minimum atomic E-state index is -0.666. The number of rotatable bonds is 26. The van der Waals surface area contributed by atoms with Gasteiger partial charge >= 0.3 is 11.9 Å². The molecule has 0 aliphatic rings. The van der Waals surface area contributed by atoms with Gasteiger partial charge in [0.25, 0.3) is 0 Å². The summed E-state index contributed by atoms with van der Waals surface area (Å²) >= 11 is 0. The van der Waals surface area contributed by atoms with Crippen molar-refractivity contribution in [2.24, 2.45) is 0 Å². The highest BCUT2D eigenvalue weighted by Gasteiger charge is 1.98. The zero-order valence-corrected chi connectivity index (χ0v) is 25.0. The van der Waals surface area contributed by atoms with Crippen molar-refractivity contribution in [1.29, 1.82) is 0 Å². The summed E-state index contributed by atoms with van der Waals surface area (Å²) in [7, 11) is 1.46. The molecular formula is C33H62O4. The van der Waals surface area contributed by atoms with Crippen molar-refractivity contribution >= 4 is 11.9 Å². The lowest BCUT2D eigenvalue weighted by Crippen LogP contribution is -1.98. The summed E-state index contributed by atoms with van der Waals surface area (Å²) in [5, 5.41) is 8.48. The molecule has 0 aromatic rings. The number of ether oxygens (including phenoxy) is 1. The van der Waals surface area contributed by atoms with Gasteiger partial charge < -0.3 is 9.84 Å². The maximum absolute atomic E-state index is 10.9. The van der Waals surface area contributed by atoms with Crippen LogP contribution < -0.4 is 0 Å². The van der Waals surface area contributed by atoms with Crippen LogP contribution in [-0.4, -0.2) is 24.2 Å². The number of allylic oxidation sites excluding steroid dienone is 4. The second kappa shape index (κ2) is 34.4. The molecule has 0 saturated heterocycles. The minimum Gasteiger partial charge on any atom is -0.481 e. The summed E-state index contributed by atoms with van der Waals surface area (Å²) in [6.07, 6.45) is 37.4. The molecule has 0 heterocycles. The van der Waals surface area contributed by atoms with E-state index in [0.717, 1.165) is 25.7 Å². The Morgan fingerprint density at radius 3 is 1.19 bits per heavy atom. The molecule has 0 aliphatic heterocycles. The van der Waals surface area contributed by atoms with Crippen molar-refractivity contribution in [3.8, 4) is 0 Å². The van der Waals surface area contributed by atoms with Crippen LogP contribution in [0.25, 0.3) is 0 Å². The molecule has 0 saturated carbocycles. The molecule has 0 amide bonds. The Bertz CT molecular complexity index is 524. The fourth-order valence-corrected chi connectivity index (χ4v) is 4.08. The molecule has 4 nitrogen and oxygen atoms in total. The summed E-state index contributed by atoms with van der Waals surface area (Å²) in [6, 6.07) is 0. The summed E-state index contributed by atoms with van der Waals surface area (Å²) in [5.41, 5.74) is 0. The zero-order chi connectivity index (χ0) is 27.7. The van der Waals surface area contributed by atoms with E-state index in [1.165, 1.54) is 123 Å². The number of hydrogen-bond donors (Lipinski definition) is 1. The summed E-state index contributed by atoms with van der Waals surface area (Å²) < 4.78 is 4.61. The van der Waals surface area contributed by atoms with Crippen molar-refractivity contribution in [1.82, 2.24) is 0 Å². The minimum absolute atomic E-state index is 0.0778. The van der Waals surface area contributed by atoms with Crippen molar-refractivity contribution in [3.63, 3.8) is 0 Å². The highest BCUT2D eigenvalue weighted by Crippen LogP contribution is 2.10. The molecule has 0 fully saturated rings. The number of unbranched alkanes of at least 4 members (excludes halogenated alkanes) is 18. The number of aliphatic carboxylic acids is 1.